The molecule has 0 aliphatic heterocycles. The van der Waals surface area contributed by atoms with E-state index in [1.54, 1.807) is 24.3 Å². The lowest BCUT2D eigenvalue weighted by Crippen LogP contribution is -2.22. The van der Waals surface area contributed by atoms with Gasteiger partial charge in [-0.3, -0.25) is 14.3 Å². The fourth-order valence-electron chi connectivity index (χ4n) is 2.97. The Hall–Kier alpha value is -2.68. The predicted molar refractivity (Wildman–Crippen MR) is 103 cm³/mol. The molecule has 0 amide bonds. The summed E-state index contributed by atoms with van der Waals surface area (Å²) in [4.78, 5) is 19.1. The van der Waals surface area contributed by atoms with E-state index in [2.05, 4.69) is 9.97 Å². The maximum atomic E-state index is 13.8. The number of fused-ring (bicyclic) bond motifs is 1. The first-order valence-corrected chi connectivity index (χ1v) is 8.99. The SMILES string of the molecule is CC[C@@H](C)n1c(=S)[nH]c(=O)c2c(C(F)(F)F)cc(-c3ccc(OC)cc3)nc21. The lowest BCUT2D eigenvalue weighted by molar-refractivity contribution is -0.136. The van der Waals surface area contributed by atoms with Crippen molar-refractivity contribution in [1.29, 1.82) is 0 Å². The molecule has 28 heavy (non-hydrogen) atoms. The quantitative estimate of drug-likeness (QED) is 0.608. The number of alkyl halides is 3. The van der Waals surface area contributed by atoms with Crippen molar-refractivity contribution in [3.63, 3.8) is 0 Å². The van der Waals surface area contributed by atoms with Crippen LogP contribution < -0.4 is 10.3 Å². The van der Waals surface area contributed by atoms with Crippen molar-refractivity contribution in [3.8, 4) is 17.0 Å². The number of ether oxygens (including phenoxy) is 1. The third-order valence-corrected chi connectivity index (χ3v) is 4.92. The Balaban J connectivity index is 2.45. The standard InChI is InChI=1S/C19H18F3N3O2S/c1-4-10(2)25-16-15(17(26)24-18(25)28)13(19(20,21)22)9-14(23-16)11-5-7-12(27-3)8-6-11/h5-10H,4H2,1-3H3,(H,24,26,28)/t10-/m1/s1. The van der Waals surface area contributed by atoms with Gasteiger partial charge in [0.2, 0.25) is 0 Å². The highest BCUT2D eigenvalue weighted by Gasteiger charge is 2.35. The zero-order valence-corrected chi connectivity index (χ0v) is 16.2. The highest BCUT2D eigenvalue weighted by atomic mass is 32.1. The second-order valence-electron chi connectivity index (χ2n) is 6.37. The van der Waals surface area contributed by atoms with Crippen LogP contribution in [0.15, 0.2) is 35.1 Å². The van der Waals surface area contributed by atoms with Gasteiger partial charge in [0, 0.05) is 11.6 Å². The largest absolute Gasteiger partial charge is 0.497 e. The number of methoxy groups -OCH3 is 1. The van der Waals surface area contributed by atoms with Crippen LogP contribution >= 0.6 is 12.2 Å². The summed E-state index contributed by atoms with van der Waals surface area (Å²) in [6.07, 6.45) is -4.13. The van der Waals surface area contributed by atoms with Crippen molar-refractivity contribution in [2.75, 3.05) is 7.11 Å². The van der Waals surface area contributed by atoms with Gasteiger partial charge in [-0.05, 0) is 55.9 Å². The molecule has 2 aromatic heterocycles. The number of benzene rings is 1. The van der Waals surface area contributed by atoms with E-state index in [1.807, 2.05) is 13.8 Å². The molecule has 3 aromatic rings. The molecule has 0 bridgehead atoms. The van der Waals surface area contributed by atoms with Gasteiger partial charge in [-0.1, -0.05) is 6.92 Å². The normalized spacial score (nSPS) is 12.9. The van der Waals surface area contributed by atoms with Gasteiger partial charge in [0.25, 0.3) is 5.56 Å². The number of hydrogen-bond donors (Lipinski definition) is 1. The van der Waals surface area contributed by atoms with Crippen molar-refractivity contribution in [2.45, 2.75) is 32.5 Å². The average Bonchev–Trinajstić information content (AvgIpc) is 2.66. The fourth-order valence-corrected chi connectivity index (χ4v) is 3.33. The highest BCUT2D eigenvalue weighted by molar-refractivity contribution is 7.71. The molecule has 3 rings (SSSR count). The Morgan fingerprint density at radius 1 is 1.29 bits per heavy atom. The second-order valence-corrected chi connectivity index (χ2v) is 6.75. The van der Waals surface area contributed by atoms with Gasteiger partial charge in [0.05, 0.1) is 23.8 Å². The van der Waals surface area contributed by atoms with Crippen LogP contribution in [0.4, 0.5) is 13.2 Å². The van der Waals surface area contributed by atoms with Gasteiger partial charge in [0.15, 0.2) is 4.77 Å². The van der Waals surface area contributed by atoms with E-state index >= 15 is 0 Å². The number of rotatable bonds is 4. The number of aromatic nitrogens is 3. The monoisotopic (exact) mass is 409 g/mol. The molecule has 0 saturated heterocycles. The number of hydrogen-bond acceptors (Lipinski definition) is 4. The van der Waals surface area contributed by atoms with Gasteiger partial charge >= 0.3 is 6.18 Å². The van der Waals surface area contributed by atoms with Gasteiger partial charge in [-0.15, -0.1) is 0 Å². The maximum Gasteiger partial charge on any atom is 0.417 e. The molecule has 0 aliphatic carbocycles. The van der Waals surface area contributed by atoms with Crippen molar-refractivity contribution in [1.82, 2.24) is 14.5 Å². The molecule has 0 aliphatic rings. The van der Waals surface area contributed by atoms with E-state index in [9.17, 15) is 18.0 Å². The first-order valence-electron chi connectivity index (χ1n) is 8.58. The Morgan fingerprint density at radius 3 is 2.46 bits per heavy atom. The van der Waals surface area contributed by atoms with Crippen molar-refractivity contribution >= 4 is 23.3 Å². The lowest BCUT2D eigenvalue weighted by atomic mass is 10.1. The van der Waals surface area contributed by atoms with Gasteiger partial charge in [-0.2, -0.15) is 13.2 Å². The summed E-state index contributed by atoms with van der Waals surface area (Å²) in [7, 11) is 1.50. The number of H-pyrrole nitrogens is 1. The summed E-state index contributed by atoms with van der Waals surface area (Å²) in [5.74, 6) is 0.569. The zero-order chi connectivity index (χ0) is 20.6. The van der Waals surface area contributed by atoms with Gasteiger partial charge in [0.1, 0.15) is 11.4 Å². The summed E-state index contributed by atoms with van der Waals surface area (Å²) in [6.45, 7) is 3.68. The molecular weight excluding hydrogens is 391 g/mol. The van der Waals surface area contributed by atoms with Crippen molar-refractivity contribution in [3.05, 3.63) is 51.0 Å². The van der Waals surface area contributed by atoms with E-state index in [-0.39, 0.29) is 22.2 Å². The van der Waals surface area contributed by atoms with Crippen LogP contribution in [0.2, 0.25) is 0 Å². The molecule has 1 N–H and O–H groups in total. The van der Waals surface area contributed by atoms with E-state index in [1.165, 1.54) is 11.7 Å². The number of pyridine rings is 1. The maximum absolute atomic E-state index is 13.8. The summed E-state index contributed by atoms with van der Waals surface area (Å²) in [5, 5.41) is -0.515. The van der Waals surface area contributed by atoms with E-state index in [4.69, 9.17) is 17.0 Å². The first kappa shape index (κ1) is 20.1. The third kappa shape index (κ3) is 3.54. The molecule has 0 spiro atoms. The lowest BCUT2D eigenvalue weighted by Gasteiger charge is -2.19. The van der Waals surface area contributed by atoms with Crippen LogP contribution in [0.25, 0.3) is 22.3 Å². The highest BCUT2D eigenvalue weighted by Crippen LogP contribution is 2.36. The number of nitrogens with zero attached hydrogens (tertiary/aromatic N) is 2. The van der Waals surface area contributed by atoms with E-state index in [0.717, 1.165) is 6.07 Å². The molecule has 0 fully saturated rings. The van der Waals surface area contributed by atoms with Crippen LogP contribution in [0, 0.1) is 4.77 Å². The molecular formula is C19H18F3N3O2S. The molecule has 1 aromatic carbocycles. The molecule has 9 heteroatoms. The predicted octanol–water partition coefficient (Wildman–Crippen LogP) is 5.12. The Morgan fingerprint density at radius 2 is 1.93 bits per heavy atom. The van der Waals surface area contributed by atoms with Gasteiger partial charge < -0.3 is 4.74 Å². The smallest absolute Gasteiger partial charge is 0.417 e. The Kier molecular flexibility index (Phi) is 5.29. The van der Waals surface area contributed by atoms with Gasteiger partial charge in [-0.25, -0.2) is 4.98 Å². The molecule has 1 atom stereocenters. The molecule has 2 heterocycles. The van der Waals surface area contributed by atoms with Crippen molar-refractivity contribution < 1.29 is 17.9 Å². The molecule has 0 unspecified atom stereocenters. The molecule has 5 nitrogen and oxygen atoms in total. The summed E-state index contributed by atoms with van der Waals surface area (Å²) in [6, 6.07) is 7.14. The third-order valence-electron chi connectivity index (χ3n) is 4.62. The molecule has 0 radical (unpaired) electrons. The number of aromatic amines is 1. The minimum absolute atomic E-state index is 0.0411. The van der Waals surface area contributed by atoms with Crippen LogP contribution in [-0.4, -0.2) is 21.6 Å². The molecule has 0 saturated carbocycles. The average molecular weight is 409 g/mol. The van der Waals surface area contributed by atoms with E-state index < -0.39 is 22.7 Å². The van der Waals surface area contributed by atoms with Crippen LogP contribution in [-0.2, 0) is 6.18 Å². The number of nitrogens with one attached hydrogen (secondary N) is 1. The minimum Gasteiger partial charge on any atom is -0.497 e. The van der Waals surface area contributed by atoms with Crippen LogP contribution in [0.1, 0.15) is 31.9 Å². The summed E-state index contributed by atoms with van der Waals surface area (Å²) in [5.41, 5.74) is -1.46. The minimum atomic E-state index is -4.73. The van der Waals surface area contributed by atoms with Crippen LogP contribution in [0.3, 0.4) is 0 Å². The number of halogens is 3. The summed E-state index contributed by atoms with van der Waals surface area (Å²) >= 11 is 5.21. The molecule has 148 valence electrons. The Labute approximate surface area is 163 Å². The summed E-state index contributed by atoms with van der Waals surface area (Å²) < 4.78 is 48.0. The van der Waals surface area contributed by atoms with E-state index in [0.29, 0.717) is 17.7 Å². The first-order chi connectivity index (χ1) is 13.2. The fraction of sp³-hybridized carbons (Fsp3) is 0.316. The second kappa shape index (κ2) is 7.38. The van der Waals surface area contributed by atoms with Crippen LogP contribution in [0.5, 0.6) is 5.75 Å². The van der Waals surface area contributed by atoms with Crippen molar-refractivity contribution in [2.24, 2.45) is 0 Å². The Bertz CT molecular complexity index is 1130. The zero-order valence-electron chi connectivity index (χ0n) is 15.4. The topological polar surface area (TPSA) is 59.9 Å².